The number of aromatic nitrogens is 2. The van der Waals surface area contributed by atoms with Crippen LogP contribution in [0.1, 0.15) is 24.6 Å². The monoisotopic (exact) mass is 219 g/mol. The third-order valence-corrected chi connectivity index (χ3v) is 2.90. The van der Waals surface area contributed by atoms with E-state index in [1.54, 1.807) is 12.3 Å². The van der Waals surface area contributed by atoms with E-state index in [-0.39, 0.29) is 6.61 Å². The highest BCUT2D eigenvalue weighted by Crippen LogP contribution is 2.39. The Morgan fingerprint density at radius 1 is 1.62 bits per heavy atom. The summed E-state index contributed by atoms with van der Waals surface area (Å²) in [6, 6.07) is 3.80. The van der Waals surface area contributed by atoms with Crippen LogP contribution in [0, 0.1) is 16.7 Å². The molecule has 1 saturated heterocycles. The predicted octanol–water partition coefficient (Wildman–Crippen LogP) is 0.830. The van der Waals surface area contributed by atoms with Crippen molar-refractivity contribution in [1.29, 1.82) is 5.26 Å². The molecule has 0 spiro atoms. The van der Waals surface area contributed by atoms with Crippen LogP contribution in [-0.2, 0) is 4.74 Å². The Balaban J connectivity index is 2.25. The number of ether oxygens (including phenoxy) is 1. The molecule has 2 unspecified atom stereocenters. The van der Waals surface area contributed by atoms with Crippen molar-refractivity contribution in [3.63, 3.8) is 0 Å². The molecule has 2 atom stereocenters. The summed E-state index contributed by atoms with van der Waals surface area (Å²) in [5.41, 5.74) is -0.394. The largest absolute Gasteiger partial charge is 0.385 e. The number of aliphatic hydroxyl groups excluding tert-OH is 1. The maximum Gasteiger partial charge on any atom is 0.117 e. The standard InChI is InChI=1S/C11H13N3O2/c12-6-11(3-1-5-16-7-11)10(15)9-2-4-13-8-14-9/h2,4,8,10,15H,1,3,5,7H2. The third kappa shape index (κ3) is 1.90. The lowest BCUT2D eigenvalue weighted by molar-refractivity contribution is -0.0521. The minimum absolute atomic E-state index is 0.259. The number of hydrogen-bond acceptors (Lipinski definition) is 5. The quantitative estimate of drug-likeness (QED) is 0.797. The zero-order valence-corrected chi connectivity index (χ0v) is 8.83. The number of hydrogen-bond donors (Lipinski definition) is 1. The van der Waals surface area contributed by atoms with Gasteiger partial charge in [-0.25, -0.2) is 9.97 Å². The van der Waals surface area contributed by atoms with Gasteiger partial charge in [0.2, 0.25) is 0 Å². The van der Waals surface area contributed by atoms with Crippen LogP contribution in [0.15, 0.2) is 18.6 Å². The van der Waals surface area contributed by atoms with Crippen molar-refractivity contribution < 1.29 is 9.84 Å². The van der Waals surface area contributed by atoms with Gasteiger partial charge in [0, 0.05) is 12.8 Å². The second kappa shape index (κ2) is 4.56. The molecule has 0 bridgehead atoms. The molecule has 0 amide bonds. The summed E-state index contributed by atoms with van der Waals surface area (Å²) >= 11 is 0. The van der Waals surface area contributed by atoms with E-state index in [1.165, 1.54) is 6.33 Å². The van der Waals surface area contributed by atoms with E-state index in [0.717, 1.165) is 6.42 Å². The van der Waals surface area contributed by atoms with E-state index in [9.17, 15) is 10.4 Å². The first-order valence-electron chi connectivity index (χ1n) is 5.21. The van der Waals surface area contributed by atoms with Gasteiger partial charge in [-0.15, -0.1) is 0 Å². The highest BCUT2D eigenvalue weighted by atomic mass is 16.5. The first-order valence-corrected chi connectivity index (χ1v) is 5.21. The Bertz CT molecular complexity index is 382. The summed E-state index contributed by atoms with van der Waals surface area (Å²) < 4.78 is 5.29. The Labute approximate surface area is 93.7 Å². The number of rotatable bonds is 2. The summed E-state index contributed by atoms with van der Waals surface area (Å²) in [7, 11) is 0. The van der Waals surface area contributed by atoms with Crippen molar-refractivity contribution in [2.24, 2.45) is 5.41 Å². The fourth-order valence-electron chi connectivity index (χ4n) is 1.93. The van der Waals surface area contributed by atoms with Crippen LogP contribution in [0.4, 0.5) is 0 Å². The molecule has 2 heterocycles. The van der Waals surface area contributed by atoms with Crippen LogP contribution in [0.25, 0.3) is 0 Å². The van der Waals surface area contributed by atoms with Crippen molar-refractivity contribution in [1.82, 2.24) is 9.97 Å². The molecule has 0 aliphatic carbocycles. The molecule has 5 nitrogen and oxygen atoms in total. The first-order chi connectivity index (χ1) is 7.78. The lowest BCUT2D eigenvalue weighted by Gasteiger charge is -2.34. The minimum Gasteiger partial charge on any atom is -0.385 e. The van der Waals surface area contributed by atoms with E-state index in [0.29, 0.717) is 18.7 Å². The smallest absolute Gasteiger partial charge is 0.117 e. The molecule has 2 rings (SSSR count). The van der Waals surface area contributed by atoms with Crippen LogP contribution >= 0.6 is 0 Å². The molecule has 1 aromatic rings. The van der Waals surface area contributed by atoms with Gasteiger partial charge >= 0.3 is 0 Å². The number of nitrogens with zero attached hydrogens (tertiary/aromatic N) is 3. The molecule has 84 valence electrons. The molecule has 0 saturated carbocycles. The molecular formula is C11H13N3O2. The van der Waals surface area contributed by atoms with Crippen LogP contribution in [0.2, 0.25) is 0 Å². The van der Waals surface area contributed by atoms with Crippen LogP contribution in [-0.4, -0.2) is 28.3 Å². The zero-order chi connectivity index (χ0) is 11.4. The molecule has 1 aliphatic heterocycles. The van der Waals surface area contributed by atoms with E-state index < -0.39 is 11.5 Å². The molecule has 1 aromatic heterocycles. The van der Waals surface area contributed by atoms with Gasteiger partial charge < -0.3 is 9.84 Å². The molecule has 1 N–H and O–H groups in total. The highest BCUT2D eigenvalue weighted by molar-refractivity contribution is 5.15. The van der Waals surface area contributed by atoms with E-state index in [2.05, 4.69) is 16.0 Å². The van der Waals surface area contributed by atoms with Gasteiger partial charge in [-0.1, -0.05) is 0 Å². The number of nitriles is 1. The molecule has 0 radical (unpaired) electrons. The molecule has 1 fully saturated rings. The summed E-state index contributed by atoms with van der Waals surface area (Å²) in [5.74, 6) is 0. The molecule has 0 aromatic carbocycles. The van der Waals surface area contributed by atoms with E-state index in [1.807, 2.05) is 0 Å². The highest BCUT2D eigenvalue weighted by Gasteiger charge is 2.41. The molecular weight excluding hydrogens is 206 g/mol. The Morgan fingerprint density at radius 3 is 3.06 bits per heavy atom. The van der Waals surface area contributed by atoms with Crippen molar-refractivity contribution >= 4 is 0 Å². The minimum atomic E-state index is -0.916. The second-order valence-electron chi connectivity index (χ2n) is 3.96. The van der Waals surface area contributed by atoms with Crippen molar-refractivity contribution in [2.45, 2.75) is 18.9 Å². The van der Waals surface area contributed by atoms with E-state index in [4.69, 9.17) is 4.74 Å². The van der Waals surface area contributed by atoms with Gasteiger partial charge in [-0.3, -0.25) is 0 Å². The average molecular weight is 219 g/mol. The lowest BCUT2D eigenvalue weighted by atomic mass is 9.77. The second-order valence-corrected chi connectivity index (χ2v) is 3.96. The van der Waals surface area contributed by atoms with Crippen molar-refractivity contribution in [3.8, 4) is 6.07 Å². The fourth-order valence-corrected chi connectivity index (χ4v) is 1.93. The normalized spacial score (nSPS) is 27.0. The third-order valence-electron chi connectivity index (χ3n) is 2.90. The lowest BCUT2D eigenvalue weighted by Crippen LogP contribution is -2.36. The van der Waals surface area contributed by atoms with Gasteiger partial charge in [0.05, 0.1) is 18.4 Å². The van der Waals surface area contributed by atoms with Gasteiger partial charge in [-0.05, 0) is 18.9 Å². The Morgan fingerprint density at radius 2 is 2.50 bits per heavy atom. The summed E-state index contributed by atoms with van der Waals surface area (Å²) in [6.07, 6.45) is 3.43. The molecule has 16 heavy (non-hydrogen) atoms. The maximum atomic E-state index is 10.2. The van der Waals surface area contributed by atoms with E-state index >= 15 is 0 Å². The average Bonchev–Trinajstić information content (AvgIpc) is 2.39. The van der Waals surface area contributed by atoms with Gasteiger partial charge in [0.15, 0.2) is 0 Å². The van der Waals surface area contributed by atoms with Crippen LogP contribution in [0.3, 0.4) is 0 Å². The predicted molar refractivity (Wildman–Crippen MR) is 55.1 cm³/mol. The molecule has 5 heteroatoms. The summed E-state index contributed by atoms with van der Waals surface area (Å²) in [5, 5.41) is 19.4. The van der Waals surface area contributed by atoms with Crippen LogP contribution in [0.5, 0.6) is 0 Å². The topological polar surface area (TPSA) is 79.0 Å². The van der Waals surface area contributed by atoms with Gasteiger partial charge in [-0.2, -0.15) is 5.26 Å². The fraction of sp³-hybridized carbons (Fsp3) is 0.545. The van der Waals surface area contributed by atoms with Gasteiger partial charge in [0.1, 0.15) is 17.8 Å². The maximum absolute atomic E-state index is 10.2. The van der Waals surface area contributed by atoms with Gasteiger partial charge in [0.25, 0.3) is 0 Å². The SMILES string of the molecule is N#CC1(C(O)c2ccncn2)CCCOC1. The summed E-state index contributed by atoms with van der Waals surface area (Å²) in [6.45, 7) is 0.911. The summed E-state index contributed by atoms with van der Waals surface area (Å²) in [4.78, 5) is 7.76. The number of aliphatic hydroxyl groups is 1. The Kier molecular flexibility index (Phi) is 3.13. The van der Waals surface area contributed by atoms with Crippen molar-refractivity contribution in [3.05, 3.63) is 24.3 Å². The molecule has 1 aliphatic rings. The first kappa shape index (κ1) is 11.0. The van der Waals surface area contributed by atoms with Crippen molar-refractivity contribution in [2.75, 3.05) is 13.2 Å². The van der Waals surface area contributed by atoms with Crippen LogP contribution < -0.4 is 0 Å². The zero-order valence-electron chi connectivity index (χ0n) is 8.83. The Hall–Kier alpha value is -1.51.